The molecule has 0 aliphatic carbocycles. The quantitative estimate of drug-likeness (QED) is 0.769. The van der Waals surface area contributed by atoms with Gasteiger partial charge in [0.2, 0.25) is 0 Å². The molecule has 1 atom stereocenters. The fourth-order valence-corrected chi connectivity index (χ4v) is 2.84. The Kier molecular flexibility index (Phi) is 5.88. The van der Waals surface area contributed by atoms with Gasteiger partial charge < -0.3 is 5.32 Å². The van der Waals surface area contributed by atoms with Crippen molar-refractivity contribution in [2.75, 3.05) is 6.54 Å². The summed E-state index contributed by atoms with van der Waals surface area (Å²) in [4.78, 5) is 0. The molecule has 0 aliphatic heterocycles. The Labute approximate surface area is 132 Å². The number of halogens is 3. The van der Waals surface area contributed by atoms with Gasteiger partial charge in [-0.25, -0.2) is 8.78 Å². The lowest BCUT2D eigenvalue weighted by Gasteiger charge is -2.20. The molecular formula is C17H18BrF2N. The third-order valence-corrected chi connectivity index (χ3v) is 3.87. The van der Waals surface area contributed by atoms with E-state index in [-0.39, 0.29) is 11.6 Å². The maximum atomic E-state index is 14.1. The van der Waals surface area contributed by atoms with Crippen LogP contribution in [-0.2, 0) is 6.42 Å². The number of benzene rings is 2. The molecule has 2 aromatic rings. The maximum Gasteiger partial charge on any atom is 0.132 e. The van der Waals surface area contributed by atoms with E-state index in [1.165, 1.54) is 17.7 Å². The zero-order valence-electron chi connectivity index (χ0n) is 11.9. The molecule has 0 spiro atoms. The van der Waals surface area contributed by atoms with Gasteiger partial charge in [0.15, 0.2) is 0 Å². The molecule has 0 amide bonds. The lowest BCUT2D eigenvalue weighted by Crippen LogP contribution is -2.23. The first-order valence-corrected chi connectivity index (χ1v) is 7.83. The number of aryl methyl sites for hydroxylation is 1. The van der Waals surface area contributed by atoms with Crippen molar-refractivity contribution < 1.29 is 8.78 Å². The smallest absolute Gasteiger partial charge is 0.132 e. The molecule has 0 heterocycles. The summed E-state index contributed by atoms with van der Waals surface area (Å²) in [6.07, 6.45) is 1.42. The van der Waals surface area contributed by atoms with E-state index < -0.39 is 11.6 Å². The molecule has 0 aliphatic rings. The van der Waals surface area contributed by atoms with Crippen LogP contribution in [0.15, 0.2) is 46.9 Å². The van der Waals surface area contributed by atoms with E-state index in [1.807, 2.05) is 37.3 Å². The van der Waals surface area contributed by atoms with Crippen molar-refractivity contribution in [2.45, 2.75) is 25.8 Å². The lowest BCUT2D eigenvalue weighted by molar-refractivity contribution is 0.454. The highest BCUT2D eigenvalue weighted by Crippen LogP contribution is 2.27. The van der Waals surface area contributed by atoms with Crippen molar-refractivity contribution >= 4 is 15.9 Å². The summed E-state index contributed by atoms with van der Waals surface area (Å²) in [7, 11) is 0. The van der Waals surface area contributed by atoms with Crippen molar-refractivity contribution in [2.24, 2.45) is 0 Å². The first kappa shape index (κ1) is 16.1. The van der Waals surface area contributed by atoms with Crippen LogP contribution in [0.1, 0.15) is 30.5 Å². The topological polar surface area (TPSA) is 12.0 Å². The molecule has 0 aromatic heterocycles. The number of rotatable bonds is 6. The van der Waals surface area contributed by atoms with Gasteiger partial charge in [0.05, 0.1) is 0 Å². The van der Waals surface area contributed by atoms with Crippen LogP contribution in [0.2, 0.25) is 0 Å². The molecule has 1 unspecified atom stereocenters. The minimum atomic E-state index is -0.513. The SMILES string of the molecule is CCNC(CCc1ccccc1)c1c(F)cc(Br)cc1F. The zero-order valence-corrected chi connectivity index (χ0v) is 13.5. The molecule has 1 nitrogen and oxygen atoms in total. The number of hydrogen-bond acceptors (Lipinski definition) is 1. The first-order valence-electron chi connectivity index (χ1n) is 7.03. The normalized spacial score (nSPS) is 12.4. The average molecular weight is 354 g/mol. The Hall–Kier alpha value is -1.26. The molecule has 4 heteroatoms. The van der Waals surface area contributed by atoms with Crippen molar-refractivity contribution in [3.8, 4) is 0 Å². The van der Waals surface area contributed by atoms with Crippen LogP contribution < -0.4 is 5.32 Å². The molecule has 0 radical (unpaired) electrons. The van der Waals surface area contributed by atoms with Crippen LogP contribution in [0, 0.1) is 11.6 Å². The van der Waals surface area contributed by atoms with E-state index in [0.29, 0.717) is 17.4 Å². The Morgan fingerprint density at radius 1 is 1.10 bits per heavy atom. The number of hydrogen-bond donors (Lipinski definition) is 1. The summed E-state index contributed by atoms with van der Waals surface area (Å²) in [6.45, 7) is 2.60. The second kappa shape index (κ2) is 7.66. The second-order valence-corrected chi connectivity index (χ2v) is 5.83. The largest absolute Gasteiger partial charge is 0.310 e. The monoisotopic (exact) mass is 353 g/mol. The van der Waals surface area contributed by atoms with Gasteiger partial charge >= 0.3 is 0 Å². The van der Waals surface area contributed by atoms with Crippen LogP contribution in [0.3, 0.4) is 0 Å². The van der Waals surface area contributed by atoms with Gasteiger partial charge in [0, 0.05) is 16.1 Å². The van der Waals surface area contributed by atoms with E-state index in [9.17, 15) is 8.78 Å². The predicted octanol–water partition coefficient (Wildman–Crippen LogP) is 5.01. The molecule has 0 bridgehead atoms. The van der Waals surface area contributed by atoms with Gasteiger partial charge in [0.1, 0.15) is 11.6 Å². The van der Waals surface area contributed by atoms with Gasteiger partial charge in [-0.15, -0.1) is 0 Å². The van der Waals surface area contributed by atoms with Crippen LogP contribution >= 0.6 is 15.9 Å². The van der Waals surface area contributed by atoms with E-state index in [4.69, 9.17) is 0 Å². The van der Waals surface area contributed by atoms with Gasteiger partial charge in [0.25, 0.3) is 0 Å². The van der Waals surface area contributed by atoms with E-state index in [1.54, 1.807) is 0 Å². The van der Waals surface area contributed by atoms with Crippen LogP contribution in [0.4, 0.5) is 8.78 Å². The van der Waals surface area contributed by atoms with Crippen LogP contribution in [0.5, 0.6) is 0 Å². The summed E-state index contributed by atoms with van der Waals surface area (Å²) >= 11 is 3.11. The standard InChI is InChI=1S/C17H18BrF2N/c1-2-21-16(9-8-12-6-4-3-5-7-12)17-14(19)10-13(18)11-15(17)20/h3-7,10-11,16,21H,2,8-9H2,1H3. The minimum Gasteiger partial charge on any atom is -0.310 e. The molecule has 2 rings (SSSR count). The summed E-state index contributed by atoms with van der Waals surface area (Å²) in [6, 6.07) is 12.2. The van der Waals surface area contributed by atoms with Crippen molar-refractivity contribution in [1.29, 1.82) is 0 Å². The summed E-state index contributed by atoms with van der Waals surface area (Å²) in [5.41, 5.74) is 1.29. The number of nitrogens with one attached hydrogen (secondary N) is 1. The van der Waals surface area contributed by atoms with Gasteiger partial charge in [-0.3, -0.25) is 0 Å². The van der Waals surface area contributed by atoms with Gasteiger partial charge in [-0.05, 0) is 37.1 Å². The minimum absolute atomic E-state index is 0.121. The highest BCUT2D eigenvalue weighted by molar-refractivity contribution is 9.10. The van der Waals surface area contributed by atoms with E-state index in [0.717, 1.165) is 6.42 Å². The van der Waals surface area contributed by atoms with E-state index >= 15 is 0 Å². The highest BCUT2D eigenvalue weighted by Gasteiger charge is 2.20. The Morgan fingerprint density at radius 2 is 1.71 bits per heavy atom. The molecular weight excluding hydrogens is 336 g/mol. The molecule has 112 valence electrons. The zero-order chi connectivity index (χ0) is 15.2. The van der Waals surface area contributed by atoms with Crippen molar-refractivity contribution in [3.05, 3.63) is 69.7 Å². The third-order valence-electron chi connectivity index (χ3n) is 3.41. The maximum absolute atomic E-state index is 14.1. The van der Waals surface area contributed by atoms with Gasteiger partial charge in [-0.1, -0.05) is 53.2 Å². The third kappa shape index (κ3) is 4.35. The average Bonchev–Trinajstić information content (AvgIpc) is 2.45. The van der Waals surface area contributed by atoms with Crippen molar-refractivity contribution in [3.63, 3.8) is 0 Å². The fourth-order valence-electron chi connectivity index (χ4n) is 2.44. The lowest BCUT2D eigenvalue weighted by atomic mass is 9.98. The predicted molar refractivity (Wildman–Crippen MR) is 85.2 cm³/mol. The summed E-state index contributed by atoms with van der Waals surface area (Å²) < 4.78 is 28.6. The van der Waals surface area contributed by atoms with Crippen LogP contribution in [0.25, 0.3) is 0 Å². The molecule has 2 aromatic carbocycles. The fraction of sp³-hybridized carbons (Fsp3) is 0.294. The summed E-state index contributed by atoms with van der Waals surface area (Å²) in [5.74, 6) is -1.03. The van der Waals surface area contributed by atoms with E-state index in [2.05, 4.69) is 21.2 Å². The van der Waals surface area contributed by atoms with Crippen molar-refractivity contribution in [1.82, 2.24) is 5.32 Å². The molecule has 1 N–H and O–H groups in total. The highest BCUT2D eigenvalue weighted by atomic mass is 79.9. The molecule has 21 heavy (non-hydrogen) atoms. The summed E-state index contributed by atoms with van der Waals surface area (Å²) in [5, 5.41) is 3.17. The molecule has 0 saturated carbocycles. The Balaban J connectivity index is 2.19. The Morgan fingerprint density at radius 3 is 2.29 bits per heavy atom. The first-order chi connectivity index (χ1) is 10.1. The molecule has 0 fully saturated rings. The van der Waals surface area contributed by atoms with Gasteiger partial charge in [-0.2, -0.15) is 0 Å². The molecule has 0 saturated heterocycles. The Bertz CT molecular complexity index is 564. The second-order valence-electron chi connectivity index (χ2n) is 4.92. The van der Waals surface area contributed by atoms with Crippen LogP contribution in [-0.4, -0.2) is 6.54 Å².